The van der Waals surface area contributed by atoms with Crippen molar-refractivity contribution in [3.05, 3.63) is 18.0 Å². The molecule has 1 saturated heterocycles. The number of aryl methyl sites for hydroxylation is 1. The molecule has 0 aliphatic carbocycles. The zero-order chi connectivity index (χ0) is 12.1. The van der Waals surface area contributed by atoms with Gasteiger partial charge in [0.25, 0.3) is 0 Å². The van der Waals surface area contributed by atoms with Crippen LogP contribution < -0.4 is 5.32 Å². The lowest BCUT2D eigenvalue weighted by Crippen LogP contribution is -2.46. The third kappa shape index (κ3) is 3.30. The van der Waals surface area contributed by atoms with Gasteiger partial charge in [-0.25, -0.2) is 0 Å². The van der Waals surface area contributed by atoms with Gasteiger partial charge in [0.2, 0.25) is 0 Å². The normalized spacial score (nSPS) is 19.4. The van der Waals surface area contributed by atoms with Crippen LogP contribution in [-0.4, -0.2) is 28.5 Å². The fraction of sp³-hybridized carbons (Fsp3) is 0.769. The van der Waals surface area contributed by atoms with Crippen molar-refractivity contribution in [2.45, 2.75) is 51.7 Å². The van der Waals surface area contributed by atoms with Gasteiger partial charge in [0, 0.05) is 38.0 Å². The summed E-state index contributed by atoms with van der Waals surface area (Å²) >= 11 is 0. The van der Waals surface area contributed by atoms with E-state index in [1.54, 1.807) is 0 Å². The van der Waals surface area contributed by atoms with Crippen molar-refractivity contribution in [3.63, 3.8) is 0 Å². The minimum atomic E-state index is 0.222. The smallest absolute Gasteiger partial charge is 0.0522 e. The Labute approximate surface area is 103 Å². The molecule has 1 N–H and O–H groups in total. The molecule has 0 bridgehead atoms. The van der Waals surface area contributed by atoms with Crippen LogP contribution in [0.3, 0.4) is 0 Å². The summed E-state index contributed by atoms with van der Waals surface area (Å²) in [5.41, 5.74) is 1.50. The lowest BCUT2D eigenvalue weighted by molar-refractivity contribution is 0.0443. The van der Waals surface area contributed by atoms with Crippen LogP contribution in [0.1, 0.15) is 38.8 Å². The van der Waals surface area contributed by atoms with Gasteiger partial charge in [0.05, 0.1) is 5.69 Å². The van der Waals surface area contributed by atoms with Gasteiger partial charge in [0.1, 0.15) is 0 Å². The Morgan fingerprint density at radius 3 is 2.94 bits per heavy atom. The molecule has 0 saturated carbocycles. The molecule has 1 aliphatic rings. The summed E-state index contributed by atoms with van der Waals surface area (Å²) in [6, 6.07) is 2.10. The molecule has 2 rings (SSSR count). The number of nitrogens with zero attached hydrogens (tertiary/aromatic N) is 2. The molecule has 0 radical (unpaired) electrons. The molecule has 2 heterocycles. The van der Waals surface area contributed by atoms with Gasteiger partial charge in [-0.3, -0.25) is 4.68 Å². The van der Waals surface area contributed by atoms with Crippen LogP contribution in [0.2, 0.25) is 0 Å². The summed E-state index contributed by atoms with van der Waals surface area (Å²) in [5.74, 6) is 0. The molecule has 4 nitrogen and oxygen atoms in total. The second kappa shape index (κ2) is 5.65. The quantitative estimate of drug-likeness (QED) is 0.850. The minimum absolute atomic E-state index is 0.222. The van der Waals surface area contributed by atoms with E-state index in [0.29, 0.717) is 0 Å². The monoisotopic (exact) mass is 237 g/mol. The summed E-state index contributed by atoms with van der Waals surface area (Å²) < 4.78 is 7.50. The van der Waals surface area contributed by atoms with Crippen LogP contribution in [0.15, 0.2) is 12.3 Å². The Morgan fingerprint density at radius 2 is 2.24 bits per heavy atom. The van der Waals surface area contributed by atoms with Crippen LogP contribution >= 0.6 is 0 Å². The Hall–Kier alpha value is -0.870. The minimum Gasteiger partial charge on any atom is -0.381 e. The molecular weight excluding hydrogens is 214 g/mol. The van der Waals surface area contributed by atoms with Crippen LogP contribution in [0, 0.1) is 0 Å². The molecule has 0 amide bonds. The highest BCUT2D eigenvalue weighted by atomic mass is 16.5. The fourth-order valence-electron chi connectivity index (χ4n) is 2.23. The first-order valence-electron chi connectivity index (χ1n) is 6.57. The summed E-state index contributed by atoms with van der Waals surface area (Å²) in [4.78, 5) is 0. The Morgan fingerprint density at radius 1 is 1.47 bits per heavy atom. The van der Waals surface area contributed by atoms with Crippen LogP contribution in [-0.2, 0) is 17.8 Å². The van der Waals surface area contributed by atoms with Crippen molar-refractivity contribution in [1.29, 1.82) is 0 Å². The first-order chi connectivity index (χ1) is 8.23. The Kier molecular flexibility index (Phi) is 4.18. The van der Waals surface area contributed by atoms with Crippen molar-refractivity contribution in [2.24, 2.45) is 0 Å². The van der Waals surface area contributed by atoms with E-state index in [4.69, 9.17) is 4.74 Å². The highest BCUT2D eigenvalue weighted by Crippen LogP contribution is 2.20. The standard InChI is InChI=1S/C13H23N3O/c1-3-8-16-12(4-7-15-16)11-14-13(2)5-9-17-10-6-13/h4,7,14H,3,5-6,8-11H2,1-2H3. The highest BCUT2D eigenvalue weighted by Gasteiger charge is 2.26. The van der Waals surface area contributed by atoms with E-state index in [1.165, 1.54) is 5.69 Å². The molecule has 17 heavy (non-hydrogen) atoms. The second-order valence-electron chi connectivity index (χ2n) is 5.07. The molecule has 1 aromatic rings. The van der Waals surface area contributed by atoms with Crippen molar-refractivity contribution >= 4 is 0 Å². The SMILES string of the molecule is CCCn1nccc1CNC1(C)CCOCC1. The first kappa shape index (κ1) is 12.6. The zero-order valence-corrected chi connectivity index (χ0v) is 10.9. The topological polar surface area (TPSA) is 39.1 Å². The molecule has 0 aromatic carbocycles. The average molecular weight is 237 g/mol. The second-order valence-corrected chi connectivity index (χ2v) is 5.07. The summed E-state index contributed by atoms with van der Waals surface area (Å²) in [7, 11) is 0. The Balaban J connectivity index is 1.90. The largest absolute Gasteiger partial charge is 0.381 e. The summed E-state index contributed by atoms with van der Waals surface area (Å²) in [6.07, 6.45) is 5.20. The number of rotatable bonds is 5. The maximum atomic E-state index is 5.41. The van der Waals surface area contributed by atoms with Gasteiger partial charge in [-0.15, -0.1) is 0 Å². The van der Waals surface area contributed by atoms with Crippen molar-refractivity contribution in [3.8, 4) is 0 Å². The van der Waals surface area contributed by atoms with Crippen molar-refractivity contribution in [2.75, 3.05) is 13.2 Å². The molecule has 0 atom stereocenters. The Bertz CT molecular complexity index is 342. The zero-order valence-electron chi connectivity index (χ0n) is 10.9. The van der Waals surface area contributed by atoms with Gasteiger partial charge in [0.15, 0.2) is 0 Å². The lowest BCUT2D eigenvalue weighted by atomic mass is 9.92. The predicted octanol–water partition coefficient (Wildman–Crippen LogP) is 1.95. The fourth-order valence-corrected chi connectivity index (χ4v) is 2.23. The number of aromatic nitrogens is 2. The van der Waals surface area contributed by atoms with Crippen LogP contribution in [0.4, 0.5) is 0 Å². The molecule has 96 valence electrons. The molecule has 0 spiro atoms. The predicted molar refractivity (Wildman–Crippen MR) is 67.8 cm³/mol. The van der Waals surface area contributed by atoms with E-state index >= 15 is 0 Å². The van der Waals surface area contributed by atoms with E-state index in [0.717, 1.165) is 45.6 Å². The van der Waals surface area contributed by atoms with Crippen LogP contribution in [0.5, 0.6) is 0 Å². The number of hydrogen-bond acceptors (Lipinski definition) is 3. The molecule has 1 aliphatic heterocycles. The van der Waals surface area contributed by atoms with Crippen molar-refractivity contribution in [1.82, 2.24) is 15.1 Å². The number of nitrogens with one attached hydrogen (secondary N) is 1. The third-order valence-electron chi connectivity index (χ3n) is 3.53. The lowest BCUT2D eigenvalue weighted by Gasteiger charge is -2.34. The maximum Gasteiger partial charge on any atom is 0.0522 e. The molecule has 0 unspecified atom stereocenters. The first-order valence-corrected chi connectivity index (χ1v) is 6.57. The van der Waals surface area contributed by atoms with Crippen LogP contribution in [0.25, 0.3) is 0 Å². The molecule has 1 aromatic heterocycles. The van der Waals surface area contributed by atoms with E-state index < -0.39 is 0 Å². The average Bonchev–Trinajstić information content (AvgIpc) is 2.76. The van der Waals surface area contributed by atoms with Gasteiger partial charge in [-0.2, -0.15) is 5.10 Å². The van der Waals surface area contributed by atoms with Gasteiger partial charge >= 0.3 is 0 Å². The molecular formula is C13H23N3O. The highest BCUT2D eigenvalue weighted by molar-refractivity contribution is 5.01. The van der Waals surface area contributed by atoms with E-state index in [2.05, 4.69) is 35.0 Å². The molecule has 4 heteroatoms. The van der Waals surface area contributed by atoms with Gasteiger partial charge in [-0.05, 0) is 32.3 Å². The van der Waals surface area contributed by atoms with E-state index in [9.17, 15) is 0 Å². The van der Waals surface area contributed by atoms with Gasteiger partial charge in [-0.1, -0.05) is 6.92 Å². The summed E-state index contributed by atoms with van der Waals surface area (Å²) in [5, 5.41) is 8.00. The third-order valence-corrected chi connectivity index (χ3v) is 3.53. The van der Waals surface area contributed by atoms with E-state index in [1.807, 2.05) is 6.20 Å². The maximum absolute atomic E-state index is 5.41. The summed E-state index contributed by atoms with van der Waals surface area (Å²) in [6.45, 7) is 8.12. The van der Waals surface area contributed by atoms with E-state index in [-0.39, 0.29) is 5.54 Å². The van der Waals surface area contributed by atoms with Gasteiger partial charge < -0.3 is 10.1 Å². The van der Waals surface area contributed by atoms with Crippen molar-refractivity contribution < 1.29 is 4.74 Å². The number of ether oxygens (including phenoxy) is 1. The molecule has 1 fully saturated rings. The number of hydrogen-bond donors (Lipinski definition) is 1.